The molecule has 0 aliphatic carbocycles. The van der Waals surface area contributed by atoms with Crippen molar-refractivity contribution in [3.05, 3.63) is 22.3 Å². The van der Waals surface area contributed by atoms with Gasteiger partial charge in [0, 0.05) is 44.5 Å². The molecule has 1 N–H and O–H groups in total. The van der Waals surface area contributed by atoms with Crippen molar-refractivity contribution in [3.8, 4) is 0 Å². The molecule has 0 radical (unpaired) electrons. The maximum absolute atomic E-state index is 12.7. The van der Waals surface area contributed by atoms with Crippen molar-refractivity contribution >= 4 is 27.7 Å². The van der Waals surface area contributed by atoms with Crippen LogP contribution in [0.15, 0.2) is 16.7 Å². The average molecular weight is 360 g/mol. The van der Waals surface area contributed by atoms with E-state index in [2.05, 4.69) is 26.2 Å². The zero-order valence-electron chi connectivity index (χ0n) is 12.7. The minimum atomic E-state index is -0.0890. The molecule has 1 rings (SSSR count). The lowest BCUT2D eigenvalue weighted by Crippen LogP contribution is -2.37. The molecule has 0 saturated carbocycles. The molecule has 0 aliphatic rings. The molecule has 0 spiro atoms. The first kappa shape index (κ1) is 17.9. The third-order valence-electron chi connectivity index (χ3n) is 2.85. The number of rotatable bonds is 9. The second kappa shape index (κ2) is 9.70. The van der Waals surface area contributed by atoms with Crippen LogP contribution in [-0.2, 0) is 9.47 Å². The summed E-state index contributed by atoms with van der Waals surface area (Å²) < 4.78 is 10.9. The second-order valence-corrected chi connectivity index (χ2v) is 5.27. The predicted octanol–water partition coefficient (Wildman–Crippen LogP) is 2.01. The number of aromatic nitrogens is 1. The summed E-state index contributed by atoms with van der Waals surface area (Å²) in [6.45, 7) is 4.64. The highest BCUT2D eigenvalue weighted by atomic mass is 79.9. The van der Waals surface area contributed by atoms with Gasteiger partial charge in [-0.3, -0.25) is 4.79 Å². The molecule has 0 bridgehead atoms. The van der Waals surface area contributed by atoms with E-state index in [0.717, 1.165) is 4.47 Å². The lowest BCUT2D eigenvalue weighted by Gasteiger charge is -2.23. The Labute approximate surface area is 134 Å². The molecule has 0 unspecified atom stereocenters. The van der Waals surface area contributed by atoms with E-state index in [1.807, 2.05) is 6.92 Å². The van der Waals surface area contributed by atoms with Gasteiger partial charge < -0.3 is 19.7 Å². The van der Waals surface area contributed by atoms with Gasteiger partial charge in [-0.15, -0.1) is 0 Å². The van der Waals surface area contributed by atoms with Gasteiger partial charge in [0.15, 0.2) is 0 Å². The molecular formula is C14H22BrN3O3. The van der Waals surface area contributed by atoms with Gasteiger partial charge in [-0.05, 0) is 28.9 Å². The van der Waals surface area contributed by atoms with Crippen molar-refractivity contribution in [1.29, 1.82) is 0 Å². The van der Waals surface area contributed by atoms with Crippen molar-refractivity contribution in [2.24, 2.45) is 0 Å². The number of carbonyl (C=O) groups excluding carboxylic acids is 1. The molecule has 1 aromatic heterocycles. The Morgan fingerprint density at radius 3 is 2.48 bits per heavy atom. The first-order chi connectivity index (χ1) is 10.1. The molecule has 0 saturated heterocycles. The number of carbonyl (C=O) groups is 1. The van der Waals surface area contributed by atoms with Crippen LogP contribution >= 0.6 is 15.9 Å². The highest BCUT2D eigenvalue weighted by Gasteiger charge is 2.19. The minimum absolute atomic E-state index is 0.0890. The zero-order valence-corrected chi connectivity index (χ0v) is 14.3. The number of hydrogen-bond donors (Lipinski definition) is 1. The van der Waals surface area contributed by atoms with Gasteiger partial charge >= 0.3 is 0 Å². The van der Waals surface area contributed by atoms with E-state index in [-0.39, 0.29) is 5.91 Å². The summed E-state index contributed by atoms with van der Waals surface area (Å²) in [7, 11) is 3.23. The Kier molecular flexibility index (Phi) is 8.26. The van der Waals surface area contributed by atoms with Gasteiger partial charge in [-0.2, -0.15) is 0 Å². The summed E-state index contributed by atoms with van der Waals surface area (Å²) in [5, 5.41) is 3.11. The Hall–Kier alpha value is -1.18. The Bertz CT molecular complexity index is 449. The maximum atomic E-state index is 12.7. The summed E-state index contributed by atoms with van der Waals surface area (Å²) >= 11 is 3.36. The van der Waals surface area contributed by atoms with E-state index in [4.69, 9.17) is 9.47 Å². The van der Waals surface area contributed by atoms with Crippen molar-refractivity contribution in [3.63, 3.8) is 0 Å². The number of nitrogens with zero attached hydrogens (tertiary/aromatic N) is 2. The van der Waals surface area contributed by atoms with E-state index >= 15 is 0 Å². The predicted molar refractivity (Wildman–Crippen MR) is 85.8 cm³/mol. The van der Waals surface area contributed by atoms with Crippen molar-refractivity contribution in [2.45, 2.75) is 6.92 Å². The highest BCUT2D eigenvalue weighted by Crippen LogP contribution is 2.19. The average Bonchev–Trinajstić information content (AvgIpc) is 2.49. The van der Waals surface area contributed by atoms with E-state index in [9.17, 15) is 4.79 Å². The lowest BCUT2D eigenvalue weighted by atomic mass is 10.2. The van der Waals surface area contributed by atoms with Gasteiger partial charge in [0.2, 0.25) is 0 Å². The monoisotopic (exact) mass is 359 g/mol. The molecule has 0 aromatic carbocycles. The van der Waals surface area contributed by atoms with Gasteiger partial charge in [0.1, 0.15) is 5.82 Å². The Morgan fingerprint density at radius 1 is 1.33 bits per heavy atom. The number of anilines is 1. The highest BCUT2D eigenvalue weighted by molar-refractivity contribution is 9.10. The molecule has 118 valence electrons. The van der Waals surface area contributed by atoms with Gasteiger partial charge in [-0.1, -0.05) is 0 Å². The molecular weight excluding hydrogens is 338 g/mol. The Balaban J connectivity index is 2.97. The smallest absolute Gasteiger partial charge is 0.257 e. The lowest BCUT2D eigenvalue weighted by molar-refractivity contribution is 0.0628. The summed E-state index contributed by atoms with van der Waals surface area (Å²) in [4.78, 5) is 18.7. The molecule has 7 heteroatoms. The fourth-order valence-corrected chi connectivity index (χ4v) is 2.13. The molecule has 21 heavy (non-hydrogen) atoms. The van der Waals surface area contributed by atoms with Crippen LogP contribution in [0.2, 0.25) is 0 Å². The van der Waals surface area contributed by atoms with Gasteiger partial charge in [-0.25, -0.2) is 4.98 Å². The second-order valence-electron chi connectivity index (χ2n) is 4.36. The first-order valence-corrected chi connectivity index (χ1v) is 7.59. The third-order valence-corrected chi connectivity index (χ3v) is 3.28. The molecule has 6 nitrogen and oxygen atoms in total. The molecule has 0 fully saturated rings. The first-order valence-electron chi connectivity index (χ1n) is 6.80. The SMILES string of the molecule is CCNc1ncc(Br)cc1C(=O)N(CCOC)CCOC. The van der Waals surface area contributed by atoms with Gasteiger partial charge in [0.25, 0.3) is 5.91 Å². The van der Waals surface area contributed by atoms with E-state index < -0.39 is 0 Å². The number of halogens is 1. The topological polar surface area (TPSA) is 63.7 Å². The summed E-state index contributed by atoms with van der Waals surface area (Å²) in [5.41, 5.74) is 0.540. The number of nitrogens with one attached hydrogen (secondary N) is 1. The van der Waals surface area contributed by atoms with Crippen LogP contribution in [0.1, 0.15) is 17.3 Å². The van der Waals surface area contributed by atoms with Gasteiger partial charge in [0.05, 0.1) is 18.8 Å². The summed E-state index contributed by atoms with van der Waals surface area (Å²) in [6.07, 6.45) is 1.67. The number of amides is 1. The fraction of sp³-hybridized carbons (Fsp3) is 0.571. The maximum Gasteiger partial charge on any atom is 0.257 e. The summed E-state index contributed by atoms with van der Waals surface area (Å²) in [5.74, 6) is 0.499. The van der Waals surface area contributed by atoms with Crippen molar-refractivity contribution in [2.75, 3.05) is 52.4 Å². The molecule has 0 aliphatic heterocycles. The van der Waals surface area contributed by atoms with Crippen LogP contribution in [0, 0.1) is 0 Å². The van der Waals surface area contributed by atoms with Crippen molar-refractivity contribution < 1.29 is 14.3 Å². The largest absolute Gasteiger partial charge is 0.383 e. The van der Waals surface area contributed by atoms with Crippen LogP contribution < -0.4 is 5.32 Å². The molecule has 1 amide bonds. The molecule has 0 atom stereocenters. The quantitative estimate of drug-likeness (QED) is 0.730. The zero-order chi connectivity index (χ0) is 15.7. The minimum Gasteiger partial charge on any atom is -0.383 e. The number of pyridine rings is 1. The van der Waals surface area contributed by atoms with Crippen LogP contribution in [0.5, 0.6) is 0 Å². The van der Waals surface area contributed by atoms with E-state index in [0.29, 0.717) is 44.2 Å². The number of methoxy groups -OCH3 is 2. The normalized spacial score (nSPS) is 10.5. The summed E-state index contributed by atoms with van der Waals surface area (Å²) in [6, 6.07) is 1.78. The Morgan fingerprint density at radius 2 is 1.95 bits per heavy atom. The van der Waals surface area contributed by atoms with Crippen LogP contribution in [-0.4, -0.2) is 62.9 Å². The number of hydrogen-bond acceptors (Lipinski definition) is 5. The van der Waals surface area contributed by atoms with Crippen LogP contribution in [0.4, 0.5) is 5.82 Å². The number of ether oxygens (including phenoxy) is 2. The van der Waals surface area contributed by atoms with Crippen molar-refractivity contribution in [1.82, 2.24) is 9.88 Å². The van der Waals surface area contributed by atoms with E-state index in [1.165, 1.54) is 0 Å². The van der Waals surface area contributed by atoms with Crippen LogP contribution in [0.3, 0.4) is 0 Å². The third kappa shape index (κ3) is 5.61. The fourth-order valence-electron chi connectivity index (χ4n) is 1.80. The molecule has 1 heterocycles. The van der Waals surface area contributed by atoms with E-state index in [1.54, 1.807) is 31.4 Å². The van der Waals surface area contributed by atoms with Crippen LogP contribution in [0.25, 0.3) is 0 Å². The standard InChI is InChI=1S/C14H22BrN3O3/c1-4-16-13-12(9-11(15)10-17-13)14(19)18(5-7-20-2)6-8-21-3/h9-10H,4-8H2,1-3H3,(H,16,17). The molecule has 1 aromatic rings.